The molecule has 2 aromatic heterocycles. The van der Waals surface area contributed by atoms with Crippen molar-refractivity contribution in [2.45, 2.75) is 56.3 Å². The first-order valence-corrected chi connectivity index (χ1v) is 12.8. The molecule has 0 bridgehead atoms. The Morgan fingerprint density at radius 3 is 2.58 bits per heavy atom. The van der Waals surface area contributed by atoms with Gasteiger partial charge >= 0.3 is 5.97 Å². The molecule has 4 unspecified atom stereocenters. The smallest absolute Gasteiger partial charge is 0.326 e. The normalized spacial score (nSPS) is 17.2. The summed E-state index contributed by atoms with van der Waals surface area (Å²) in [6, 6.07) is 2.90. The van der Waals surface area contributed by atoms with E-state index >= 15 is 0 Å². The van der Waals surface area contributed by atoms with Gasteiger partial charge in [-0.25, -0.2) is 9.78 Å². The zero-order valence-corrected chi connectivity index (χ0v) is 21.6. The Kier molecular flexibility index (Phi) is 8.79. The first-order valence-electron chi connectivity index (χ1n) is 12.8. The number of hydrogen-bond donors (Lipinski definition) is 7. The fourth-order valence-electron chi connectivity index (χ4n) is 4.90. The number of carboxylic acid groups (broad SMARTS) is 1. The van der Waals surface area contributed by atoms with Crippen LogP contribution in [0.5, 0.6) is 0 Å². The molecule has 9 N–H and O–H groups in total. The highest BCUT2D eigenvalue weighted by atomic mass is 16.4. The SMILES string of the molecule is NC(=O)CC(N)C(=O)NC(Cc1cnc[nH]1)C(=O)N1CCCC1C(=O)NC(Cc1c[nH]c2ccccc12)C(=O)O. The molecule has 212 valence electrons. The minimum Gasteiger partial charge on any atom is -0.480 e. The van der Waals surface area contributed by atoms with Crippen LogP contribution < -0.4 is 22.1 Å². The van der Waals surface area contributed by atoms with Crippen LogP contribution in [-0.4, -0.2) is 85.3 Å². The van der Waals surface area contributed by atoms with Gasteiger partial charge in [0.05, 0.1) is 18.8 Å². The lowest BCUT2D eigenvalue weighted by Gasteiger charge is -2.29. The lowest BCUT2D eigenvalue weighted by Crippen LogP contribution is -2.57. The molecule has 1 aliphatic rings. The van der Waals surface area contributed by atoms with Crippen molar-refractivity contribution in [2.75, 3.05) is 6.54 Å². The summed E-state index contributed by atoms with van der Waals surface area (Å²) >= 11 is 0. The third-order valence-corrected chi connectivity index (χ3v) is 6.90. The van der Waals surface area contributed by atoms with E-state index in [4.69, 9.17) is 11.5 Å². The number of hydrogen-bond acceptors (Lipinski definition) is 7. The van der Waals surface area contributed by atoms with Gasteiger partial charge in [-0.3, -0.25) is 19.2 Å². The second kappa shape index (κ2) is 12.4. The number of aromatic amines is 2. The number of aromatic nitrogens is 3. The maximum atomic E-state index is 13.6. The van der Waals surface area contributed by atoms with Crippen LogP contribution in [0.2, 0.25) is 0 Å². The van der Waals surface area contributed by atoms with Crippen LogP contribution in [-0.2, 0) is 36.8 Å². The van der Waals surface area contributed by atoms with E-state index < -0.39 is 60.2 Å². The van der Waals surface area contributed by atoms with Crippen LogP contribution in [0, 0.1) is 0 Å². The molecule has 1 fully saturated rings. The standard InChI is InChI=1S/C26H32N8O6/c27-17(10-22(28)35)23(36)32-19(9-15-12-29-13-31-15)25(38)34-7-3-6-21(34)24(37)33-20(26(39)40)8-14-11-30-18-5-2-1-4-16(14)18/h1-2,4-5,11-13,17,19-21,30H,3,6-10,27H2,(H2,28,35)(H,29,31)(H,32,36)(H,33,37)(H,39,40). The predicted molar refractivity (Wildman–Crippen MR) is 142 cm³/mol. The number of para-hydroxylation sites is 1. The number of carbonyl (C=O) groups is 5. The number of benzene rings is 1. The number of nitrogens with two attached hydrogens (primary N) is 2. The molecule has 4 atom stereocenters. The van der Waals surface area contributed by atoms with Crippen LogP contribution in [0.3, 0.4) is 0 Å². The molecule has 1 saturated heterocycles. The van der Waals surface area contributed by atoms with Crippen LogP contribution in [0.15, 0.2) is 43.0 Å². The van der Waals surface area contributed by atoms with Crippen molar-refractivity contribution in [3.8, 4) is 0 Å². The lowest BCUT2D eigenvalue weighted by atomic mass is 10.0. The summed E-state index contributed by atoms with van der Waals surface area (Å²) in [7, 11) is 0. The zero-order chi connectivity index (χ0) is 28.8. The van der Waals surface area contributed by atoms with Gasteiger partial charge in [0.1, 0.15) is 18.1 Å². The highest BCUT2D eigenvalue weighted by Gasteiger charge is 2.39. The van der Waals surface area contributed by atoms with Crippen molar-refractivity contribution in [3.63, 3.8) is 0 Å². The molecule has 3 heterocycles. The minimum atomic E-state index is -1.26. The van der Waals surface area contributed by atoms with Crippen molar-refractivity contribution in [1.29, 1.82) is 0 Å². The number of fused-ring (bicyclic) bond motifs is 1. The third-order valence-electron chi connectivity index (χ3n) is 6.90. The summed E-state index contributed by atoms with van der Waals surface area (Å²) in [6.07, 6.45) is 5.12. The fraction of sp³-hybridized carbons (Fsp3) is 0.385. The average molecular weight is 553 g/mol. The third kappa shape index (κ3) is 6.64. The number of H-pyrrole nitrogens is 2. The second-order valence-electron chi connectivity index (χ2n) is 9.77. The number of carbonyl (C=O) groups excluding carboxylic acids is 4. The van der Waals surface area contributed by atoms with Crippen molar-refractivity contribution >= 4 is 40.5 Å². The van der Waals surface area contributed by atoms with Gasteiger partial charge in [0.15, 0.2) is 0 Å². The van der Waals surface area contributed by atoms with Gasteiger partial charge in [-0.05, 0) is 24.5 Å². The van der Waals surface area contributed by atoms with Crippen LogP contribution in [0.25, 0.3) is 10.9 Å². The molecule has 0 saturated carbocycles. The number of carboxylic acids is 1. The van der Waals surface area contributed by atoms with E-state index in [1.807, 2.05) is 24.3 Å². The zero-order valence-electron chi connectivity index (χ0n) is 21.6. The second-order valence-corrected chi connectivity index (χ2v) is 9.77. The molecule has 1 aromatic carbocycles. The maximum absolute atomic E-state index is 13.6. The van der Waals surface area contributed by atoms with Crippen molar-refractivity contribution in [1.82, 2.24) is 30.5 Å². The number of nitrogens with zero attached hydrogens (tertiary/aromatic N) is 2. The number of amides is 4. The largest absolute Gasteiger partial charge is 0.480 e. The molecule has 14 nitrogen and oxygen atoms in total. The Balaban J connectivity index is 1.48. The summed E-state index contributed by atoms with van der Waals surface area (Å²) < 4.78 is 0. The van der Waals surface area contributed by atoms with E-state index in [9.17, 15) is 29.1 Å². The number of imidazole rings is 1. The van der Waals surface area contributed by atoms with Gasteiger partial charge in [0, 0.05) is 48.4 Å². The highest BCUT2D eigenvalue weighted by Crippen LogP contribution is 2.22. The fourth-order valence-corrected chi connectivity index (χ4v) is 4.90. The summed E-state index contributed by atoms with van der Waals surface area (Å²) in [5, 5.41) is 15.9. The van der Waals surface area contributed by atoms with E-state index in [-0.39, 0.29) is 19.4 Å². The van der Waals surface area contributed by atoms with E-state index in [2.05, 4.69) is 25.6 Å². The molecule has 4 rings (SSSR count). The van der Waals surface area contributed by atoms with Crippen LogP contribution in [0.1, 0.15) is 30.5 Å². The maximum Gasteiger partial charge on any atom is 0.326 e. The molecule has 4 amide bonds. The number of primary amides is 1. The number of aliphatic carboxylic acids is 1. The summed E-state index contributed by atoms with van der Waals surface area (Å²) in [4.78, 5) is 74.1. The van der Waals surface area contributed by atoms with Gasteiger partial charge in [0.25, 0.3) is 0 Å². The molecular weight excluding hydrogens is 520 g/mol. The Bertz CT molecular complexity index is 1390. The molecule has 40 heavy (non-hydrogen) atoms. The van der Waals surface area contributed by atoms with Crippen molar-refractivity contribution in [3.05, 3.63) is 54.2 Å². The summed E-state index contributed by atoms with van der Waals surface area (Å²) in [6.45, 7) is 0.236. The first kappa shape index (κ1) is 28.3. The summed E-state index contributed by atoms with van der Waals surface area (Å²) in [5.41, 5.74) is 13.0. The lowest BCUT2D eigenvalue weighted by molar-refractivity contribution is -0.144. The van der Waals surface area contributed by atoms with Gasteiger partial charge < -0.3 is 42.1 Å². The Morgan fingerprint density at radius 2 is 1.88 bits per heavy atom. The molecule has 14 heteroatoms. The number of likely N-dealkylation sites (tertiary alicyclic amines) is 1. The minimum absolute atomic E-state index is 0.0248. The summed E-state index contributed by atoms with van der Waals surface area (Å²) in [5.74, 6) is -3.87. The van der Waals surface area contributed by atoms with E-state index in [0.717, 1.165) is 16.5 Å². The van der Waals surface area contributed by atoms with Crippen LogP contribution >= 0.6 is 0 Å². The molecule has 1 aliphatic heterocycles. The average Bonchev–Trinajstić information content (AvgIpc) is 3.68. The molecule has 0 aliphatic carbocycles. The van der Waals surface area contributed by atoms with Gasteiger partial charge in [0.2, 0.25) is 23.6 Å². The number of rotatable bonds is 12. The molecule has 3 aromatic rings. The first-order chi connectivity index (χ1) is 19.1. The Morgan fingerprint density at radius 1 is 1.10 bits per heavy atom. The Labute approximate surface area is 228 Å². The van der Waals surface area contributed by atoms with Crippen LogP contribution in [0.4, 0.5) is 0 Å². The topological polar surface area (TPSA) is 229 Å². The molecule has 0 radical (unpaired) electrons. The predicted octanol–water partition coefficient (Wildman–Crippen LogP) is -1.08. The van der Waals surface area contributed by atoms with Gasteiger partial charge in [-0.2, -0.15) is 0 Å². The molecule has 0 spiro atoms. The quantitative estimate of drug-likeness (QED) is 0.146. The van der Waals surface area contributed by atoms with Crippen molar-refractivity contribution in [2.24, 2.45) is 11.5 Å². The highest BCUT2D eigenvalue weighted by molar-refractivity contribution is 5.95. The van der Waals surface area contributed by atoms with E-state index in [1.165, 1.54) is 17.4 Å². The monoisotopic (exact) mass is 552 g/mol. The van der Waals surface area contributed by atoms with Gasteiger partial charge in [-0.15, -0.1) is 0 Å². The number of nitrogens with one attached hydrogen (secondary N) is 4. The van der Waals surface area contributed by atoms with E-state index in [0.29, 0.717) is 18.5 Å². The van der Waals surface area contributed by atoms with Crippen molar-refractivity contribution < 1.29 is 29.1 Å². The van der Waals surface area contributed by atoms with E-state index in [1.54, 1.807) is 6.20 Å². The van der Waals surface area contributed by atoms with Gasteiger partial charge in [-0.1, -0.05) is 18.2 Å². The Hall–Kier alpha value is -4.72. The molecular formula is C26H32N8O6.